The van der Waals surface area contributed by atoms with Gasteiger partial charge in [0.05, 0.1) is 20.8 Å². The molecule has 0 spiro atoms. The van der Waals surface area contributed by atoms with E-state index in [1.54, 1.807) is 19.3 Å². The van der Waals surface area contributed by atoms with Crippen LogP contribution in [0.25, 0.3) is 0 Å². The van der Waals surface area contributed by atoms with Crippen LogP contribution in [0.1, 0.15) is 5.56 Å². The van der Waals surface area contributed by atoms with Crippen molar-refractivity contribution in [3.05, 3.63) is 23.8 Å². The Morgan fingerprint density at radius 2 is 2.07 bits per heavy atom. The van der Waals surface area contributed by atoms with Crippen molar-refractivity contribution < 1.29 is 9.57 Å². The van der Waals surface area contributed by atoms with Crippen molar-refractivity contribution in [3.8, 4) is 5.75 Å². The van der Waals surface area contributed by atoms with Crippen molar-refractivity contribution >= 4 is 5.69 Å². The zero-order valence-corrected chi connectivity index (χ0v) is 8.78. The molecule has 0 heterocycles. The van der Waals surface area contributed by atoms with Crippen molar-refractivity contribution in [2.45, 2.75) is 6.54 Å². The molecule has 0 saturated heterocycles. The lowest BCUT2D eigenvalue weighted by molar-refractivity contribution is -0.116. The van der Waals surface area contributed by atoms with Gasteiger partial charge in [0.2, 0.25) is 0 Å². The van der Waals surface area contributed by atoms with Crippen molar-refractivity contribution in [3.63, 3.8) is 0 Å². The summed E-state index contributed by atoms with van der Waals surface area (Å²) in [5, 5.41) is 1.71. The number of hydrogen-bond donors (Lipinski definition) is 1. The van der Waals surface area contributed by atoms with Crippen LogP contribution in [0.3, 0.4) is 0 Å². The highest BCUT2D eigenvalue weighted by Gasteiger charge is 2.05. The topological polar surface area (TPSA) is 47.7 Å². The van der Waals surface area contributed by atoms with Gasteiger partial charge in [-0.2, -0.15) is 5.06 Å². The Morgan fingerprint density at radius 1 is 1.36 bits per heavy atom. The van der Waals surface area contributed by atoms with Gasteiger partial charge in [-0.25, -0.2) is 0 Å². The number of methoxy groups -OCH3 is 1. The molecule has 0 aliphatic rings. The third-order valence-electron chi connectivity index (χ3n) is 2.01. The summed E-state index contributed by atoms with van der Waals surface area (Å²) in [6.45, 7) is 0.644. The molecule has 2 N–H and O–H groups in total. The number of hydroxylamine groups is 2. The van der Waals surface area contributed by atoms with E-state index in [0.717, 1.165) is 17.0 Å². The second kappa shape index (κ2) is 4.83. The van der Waals surface area contributed by atoms with Crippen LogP contribution < -0.4 is 10.5 Å². The highest BCUT2D eigenvalue weighted by atomic mass is 16.7. The molecule has 1 aromatic carbocycles. The van der Waals surface area contributed by atoms with Crippen LogP contribution in [0.4, 0.5) is 5.69 Å². The predicted molar refractivity (Wildman–Crippen MR) is 55.9 cm³/mol. The maximum Gasteiger partial charge on any atom is 0.123 e. The first-order chi connectivity index (χ1) is 6.67. The molecule has 4 heteroatoms. The standard InChI is InChI=1S/C10H16N2O2/c1-12(14-3)7-8-6-9(11)4-5-10(8)13-2/h4-6H,7,11H2,1-3H3. The highest BCUT2D eigenvalue weighted by molar-refractivity contribution is 5.47. The van der Waals surface area contributed by atoms with E-state index in [-0.39, 0.29) is 0 Å². The molecule has 0 unspecified atom stereocenters. The van der Waals surface area contributed by atoms with Crippen molar-refractivity contribution in [2.24, 2.45) is 0 Å². The fourth-order valence-corrected chi connectivity index (χ4v) is 1.23. The average Bonchev–Trinajstić information content (AvgIpc) is 2.18. The van der Waals surface area contributed by atoms with Crippen LogP contribution in [0.2, 0.25) is 0 Å². The minimum Gasteiger partial charge on any atom is -0.496 e. The molecule has 1 aromatic rings. The molecular weight excluding hydrogens is 180 g/mol. The fraction of sp³-hybridized carbons (Fsp3) is 0.400. The zero-order valence-electron chi connectivity index (χ0n) is 8.78. The number of ether oxygens (including phenoxy) is 1. The first-order valence-corrected chi connectivity index (χ1v) is 4.35. The van der Waals surface area contributed by atoms with Gasteiger partial charge in [-0.15, -0.1) is 0 Å². The molecule has 1 rings (SSSR count). The van der Waals surface area contributed by atoms with Gasteiger partial charge in [-0.3, -0.25) is 0 Å². The number of nitrogens with zero attached hydrogens (tertiary/aromatic N) is 1. The lowest BCUT2D eigenvalue weighted by Gasteiger charge is -2.16. The number of nitrogen functional groups attached to an aromatic ring is 1. The normalized spacial score (nSPS) is 10.6. The monoisotopic (exact) mass is 196 g/mol. The molecule has 0 aromatic heterocycles. The minimum atomic E-state index is 0.644. The quantitative estimate of drug-likeness (QED) is 0.582. The highest BCUT2D eigenvalue weighted by Crippen LogP contribution is 2.22. The predicted octanol–water partition coefficient (Wildman–Crippen LogP) is 1.27. The van der Waals surface area contributed by atoms with Crippen LogP contribution in [-0.4, -0.2) is 26.3 Å². The fourth-order valence-electron chi connectivity index (χ4n) is 1.23. The first-order valence-electron chi connectivity index (χ1n) is 4.35. The average molecular weight is 196 g/mol. The van der Waals surface area contributed by atoms with Gasteiger partial charge in [-0.05, 0) is 18.2 Å². The van der Waals surface area contributed by atoms with Gasteiger partial charge in [0.25, 0.3) is 0 Å². The summed E-state index contributed by atoms with van der Waals surface area (Å²) in [5.74, 6) is 0.822. The second-order valence-corrected chi connectivity index (χ2v) is 3.04. The van der Waals surface area contributed by atoms with E-state index in [9.17, 15) is 0 Å². The van der Waals surface area contributed by atoms with Crippen molar-refractivity contribution in [1.29, 1.82) is 0 Å². The SMILES string of the molecule is COc1ccc(N)cc1CN(C)OC. The molecule has 0 aliphatic heterocycles. The summed E-state index contributed by atoms with van der Waals surface area (Å²) in [5.41, 5.74) is 7.42. The van der Waals surface area contributed by atoms with Gasteiger partial charge in [0.15, 0.2) is 0 Å². The van der Waals surface area contributed by atoms with Crippen molar-refractivity contribution in [1.82, 2.24) is 5.06 Å². The Morgan fingerprint density at radius 3 is 2.64 bits per heavy atom. The van der Waals surface area contributed by atoms with Gasteiger partial charge >= 0.3 is 0 Å². The van der Waals surface area contributed by atoms with E-state index in [1.807, 2.05) is 25.2 Å². The Bertz CT molecular complexity index is 302. The van der Waals surface area contributed by atoms with Gasteiger partial charge in [0.1, 0.15) is 5.75 Å². The summed E-state index contributed by atoms with van der Waals surface area (Å²) >= 11 is 0. The lowest BCUT2D eigenvalue weighted by atomic mass is 10.2. The molecule has 0 aliphatic carbocycles. The molecule has 0 radical (unpaired) electrons. The largest absolute Gasteiger partial charge is 0.496 e. The molecule has 4 nitrogen and oxygen atoms in total. The number of hydrogen-bond acceptors (Lipinski definition) is 4. The maximum absolute atomic E-state index is 5.68. The summed E-state index contributed by atoms with van der Waals surface area (Å²) < 4.78 is 5.21. The number of benzene rings is 1. The van der Waals surface area contributed by atoms with Gasteiger partial charge in [0, 0.05) is 18.3 Å². The third-order valence-corrected chi connectivity index (χ3v) is 2.01. The van der Waals surface area contributed by atoms with Crippen molar-refractivity contribution in [2.75, 3.05) is 27.0 Å². The lowest BCUT2D eigenvalue weighted by Crippen LogP contribution is -2.16. The third kappa shape index (κ3) is 2.61. The van der Waals surface area contributed by atoms with E-state index in [1.165, 1.54) is 0 Å². The zero-order chi connectivity index (χ0) is 10.6. The summed E-state index contributed by atoms with van der Waals surface area (Å²) in [6.07, 6.45) is 0. The molecule has 0 saturated carbocycles. The molecule has 0 bridgehead atoms. The molecular formula is C10H16N2O2. The van der Waals surface area contributed by atoms with Crippen LogP contribution in [0, 0.1) is 0 Å². The molecule has 0 atom stereocenters. The van der Waals surface area contributed by atoms with Crippen LogP contribution in [0.15, 0.2) is 18.2 Å². The van der Waals surface area contributed by atoms with Crippen LogP contribution in [-0.2, 0) is 11.4 Å². The molecule has 78 valence electrons. The Labute approximate surface area is 84.2 Å². The first kappa shape index (κ1) is 10.8. The van der Waals surface area contributed by atoms with Gasteiger partial charge in [-0.1, -0.05) is 0 Å². The number of anilines is 1. The Kier molecular flexibility index (Phi) is 3.73. The Hall–Kier alpha value is -1.26. The smallest absolute Gasteiger partial charge is 0.123 e. The molecule has 0 amide bonds. The van der Waals surface area contributed by atoms with E-state index in [4.69, 9.17) is 15.3 Å². The number of rotatable bonds is 4. The Balaban J connectivity index is 2.87. The van der Waals surface area contributed by atoms with Crippen LogP contribution in [0.5, 0.6) is 5.75 Å². The minimum absolute atomic E-state index is 0.644. The molecule has 0 fully saturated rings. The van der Waals surface area contributed by atoms with E-state index in [2.05, 4.69) is 0 Å². The van der Waals surface area contributed by atoms with Crippen LogP contribution >= 0.6 is 0 Å². The number of nitrogens with two attached hydrogens (primary N) is 1. The molecule has 14 heavy (non-hydrogen) atoms. The van der Waals surface area contributed by atoms with E-state index < -0.39 is 0 Å². The summed E-state index contributed by atoms with van der Waals surface area (Å²) in [6, 6.07) is 5.55. The summed E-state index contributed by atoms with van der Waals surface area (Å²) in [7, 11) is 5.11. The summed E-state index contributed by atoms with van der Waals surface area (Å²) in [4.78, 5) is 5.03. The van der Waals surface area contributed by atoms with Gasteiger partial charge < -0.3 is 15.3 Å². The van der Waals surface area contributed by atoms with E-state index >= 15 is 0 Å². The maximum atomic E-state index is 5.68. The van der Waals surface area contributed by atoms with E-state index in [0.29, 0.717) is 6.54 Å². The second-order valence-electron chi connectivity index (χ2n) is 3.04.